The van der Waals surface area contributed by atoms with E-state index >= 15 is 0 Å². The van der Waals surface area contributed by atoms with Crippen LogP contribution in [0.25, 0.3) is 0 Å². The molecule has 0 aliphatic carbocycles. The van der Waals surface area contributed by atoms with Crippen molar-refractivity contribution in [3.05, 3.63) is 17.8 Å². The van der Waals surface area contributed by atoms with Crippen molar-refractivity contribution in [1.82, 2.24) is 4.98 Å². The summed E-state index contributed by atoms with van der Waals surface area (Å²) in [5, 5.41) is 3.53. The van der Waals surface area contributed by atoms with Crippen molar-refractivity contribution in [1.29, 1.82) is 0 Å². The van der Waals surface area contributed by atoms with Crippen molar-refractivity contribution in [2.45, 2.75) is 58.1 Å². The van der Waals surface area contributed by atoms with Gasteiger partial charge in [0.25, 0.3) is 0 Å². The fourth-order valence-corrected chi connectivity index (χ4v) is 2.75. The molecule has 4 nitrogen and oxygen atoms in total. The number of nitrogens with one attached hydrogen (secondary N) is 1. The lowest BCUT2D eigenvalue weighted by Gasteiger charge is -2.40. The smallest absolute Gasteiger partial charge is 0.126 e. The van der Waals surface area contributed by atoms with Crippen LogP contribution in [0.15, 0.2) is 12.3 Å². The van der Waals surface area contributed by atoms with Gasteiger partial charge in [-0.25, -0.2) is 4.98 Å². The number of hydrogen-bond donors (Lipinski definition) is 2. The molecule has 0 bridgehead atoms. The summed E-state index contributed by atoms with van der Waals surface area (Å²) in [6.07, 6.45) is 5.94. The number of nitrogens with two attached hydrogens (primary N) is 1. The molecule has 1 aliphatic heterocycles. The Morgan fingerprint density at radius 2 is 2.21 bits per heavy atom. The van der Waals surface area contributed by atoms with Crippen LogP contribution >= 0.6 is 0 Å². The lowest BCUT2D eigenvalue weighted by Crippen LogP contribution is -2.43. The van der Waals surface area contributed by atoms with Crippen LogP contribution in [-0.2, 0) is 4.74 Å². The minimum atomic E-state index is 0.0404. The molecule has 0 saturated carbocycles. The van der Waals surface area contributed by atoms with Crippen LogP contribution in [0.4, 0.5) is 11.5 Å². The highest BCUT2D eigenvalue weighted by Gasteiger charge is 2.34. The minimum absolute atomic E-state index is 0.0404. The molecule has 1 fully saturated rings. The topological polar surface area (TPSA) is 60.2 Å². The Balaban J connectivity index is 2.04. The van der Waals surface area contributed by atoms with Gasteiger partial charge >= 0.3 is 0 Å². The van der Waals surface area contributed by atoms with Crippen LogP contribution in [0.2, 0.25) is 0 Å². The van der Waals surface area contributed by atoms with E-state index in [2.05, 4.69) is 24.1 Å². The summed E-state index contributed by atoms with van der Waals surface area (Å²) in [7, 11) is 0. The number of nitrogen functional groups attached to an aromatic ring is 1. The lowest BCUT2D eigenvalue weighted by molar-refractivity contribution is -0.0864. The second-order valence-electron chi connectivity index (χ2n) is 5.50. The SMILES string of the molecule is CCC1(CC)CC(Nc2cc(C)c(N)cn2)CCO1. The monoisotopic (exact) mass is 263 g/mol. The molecule has 2 rings (SSSR count). The number of nitrogens with zero attached hydrogens (tertiary/aromatic N) is 1. The molecule has 1 aromatic rings. The van der Waals surface area contributed by atoms with Gasteiger partial charge in [0.2, 0.25) is 0 Å². The van der Waals surface area contributed by atoms with Crippen molar-refractivity contribution >= 4 is 11.5 Å². The third-order valence-electron chi connectivity index (χ3n) is 4.28. The third kappa shape index (κ3) is 3.18. The Kier molecular flexibility index (Phi) is 4.30. The molecule has 0 amide bonds. The van der Waals surface area contributed by atoms with Gasteiger partial charge in [-0.3, -0.25) is 0 Å². The molecule has 1 unspecified atom stereocenters. The molecular weight excluding hydrogens is 238 g/mol. The average Bonchev–Trinajstić information content (AvgIpc) is 2.43. The zero-order valence-electron chi connectivity index (χ0n) is 12.2. The zero-order valence-corrected chi connectivity index (χ0v) is 12.2. The van der Waals surface area contributed by atoms with Gasteiger partial charge < -0.3 is 15.8 Å². The zero-order chi connectivity index (χ0) is 13.9. The van der Waals surface area contributed by atoms with Gasteiger partial charge in [-0.15, -0.1) is 0 Å². The number of hydrogen-bond acceptors (Lipinski definition) is 4. The molecular formula is C15H25N3O. The first-order valence-electron chi connectivity index (χ1n) is 7.21. The summed E-state index contributed by atoms with van der Waals surface area (Å²) < 4.78 is 5.99. The highest BCUT2D eigenvalue weighted by molar-refractivity contribution is 5.51. The number of ether oxygens (including phenoxy) is 1. The average molecular weight is 263 g/mol. The molecule has 0 radical (unpaired) electrons. The van der Waals surface area contributed by atoms with Crippen LogP contribution < -0.4 is 11.1 Å². The van der Waals surface area contributed by atoms with E-state index in [-0.39, 0.29) is 5.60 Å². The van der Waals surface area contributed by atoms with Gasteiger partial charge in [0, 0.05) is 12.6 Å². The largest absolute Gasteiger partial charge is 0.397 e. The van der Waals surface area contributed by atoms with E-state index in [1.165, 1.54) is 0 Å². The third-order valence-corrected chi connectivity index (χ3v) is 4.28. The first kappa shape index (κ1) is 14.1. The number of aryl methyl sites for hydroxylation is 1. The Bertz CT molecular complexity index is 429. The van der Waals surface area contributed by atoms with E-state index in [9.17, 15) is 0 Å². The van der Waals surface area contributed by atoms with Gasteiger partial charge in [-0.1, -0.05) is 13.8 Å². The van der Waals surface area contributed by atoms with E-state index in [1.54, 1.807) is 6.20 Å². The van der Waals surface area contributed by atoms with E-state index in [0.29, 0.717) is 6.04 Å². The van der Waals surface area contributed by atoms with Gasteiger partial charge in [0.1, 0.15) is 5.82 Å². The second-order valence-corrected chi connectivity index (χ2v) is 5.50. The van der Waals surface area contributed by atoms with Crippen molar-refractivity contribution in [3.8, 4) is 0 Å². The van der Waals surface area contributed by atoms with Crippen molar-refractivity contribution in [2.75, 3.05) is 17.7 Å². The molecule has 1 aromatic heterocycles. The normalized spacial score (nSPS) is 22.2. The first-order chi connectivity index (χ1) is 9.08. The van der Waals surface area contributed by atoms with Crippen LogP contribution in [0.3, 0.4) is 0 Å². The van der Waals surface area contributed by atoms with Crippen molar-refractivity contribution < 1.29 is 4.74 Å². The van der Waals surface area contributed by atoms with Crippen LogP contribution in [0.5, 0.6) is 0 Å². The molecule has 0 spiro atoms. The van der Waals surface area contributed by atoms with Gasteiger partial charge in [0.15, 0.2) is 0 Å². The predicted molar refractivity (Wildman–Crippen MR) is 79.3 cm³/mol. The fourth-order valence-electron chi connectivity index (χ4n) is 2.75. The summed E-state index contributed by atoms with van der Waals surface area (Å²) >= 11 is 0. The Morgan fingerprint density at radius 3 is 2.84 bits per heavy atom. The van der Waals surface area contributed by atoms with E-state index in [0.717, 1.165) is 49.4 Å². The van der Waals surface area contributed by atoms with Crippen molar-refractivity contribution in [3.63, 3.8) is 0 Å². The van der Waals surface area contributed by atoms with Crippen LogP contribution in [0, 0.1) is 6.92 Å². The Morgan fingerprint density at radius 1 is 1.47 bits per heavy atom. The van der Waals surface area contributed by atoms with Gasteiger partial charge in [-0.05, 0) is 44.2 Å². The first-order valence-corrected chi connectivity index (χ1v) is 7.21. The van der Waals surface area contributed by atoms with Crippen molar-refractivity contribution in [2.24, 2.45) is 0 Å². The maximum Gasteiger partial charge on any atom is 0.126 e. The highest BCUT2D eigenvalue weighted by Crippen LogP contribution is 2.32. The molecule has 1 aliphatic rings. The maximum atomic E-state index is 5.99. The van der Waals surface area contributed by atoms with E-state index in [4.69, 9.17) is 10.5 Å². The second kappa shape index (κ2) is 5.78. The molecule has 3 N–H and O–H groups in total. The molecule has 19 heavy (non-hydrogen) atoms. The summed E-state index contributed by atoms with van der Waals surface area (Å²) in [5.41, 5.74) is 7.65. The van der Waals surface area contributed by atoms with Crippen LogP contribution in [0.1, 0.15) is 45.1 Å². The fraction of sp³-hybridized carbons (Fsp3) is 0.667. The molecule has 1 atom stereocenters. The maximum absolute atomic E-state index is 5.99. The molecule has 106 valence electrons. The number of aromatic nitrogens is 1. The Labute approximate surface area is 115 Å². The molecule has 4 heteroatoms. The van der Waals surface area contributed by atoms with Gasteiger partial charge in [-0.2, -0.15) is 0 Å². The van der Waals surface area contributed by atoms with E-state index < -0.39 is 0 Å². The van der Waals surface area contributed by atoms with E-state index in [1.807, 2.05) is 13.0 Å². The number of anilines is 2. The number of rotatable bonds is 4. The van der Waals surface area contributed by atoms with Gasteiger partial charge in [0.05, 0.1) is 17.5 Å². The quantitative estimate of drug-likeness (QED) is 0.876. The molecule has 2 heterocycles. The summed E-state index contributed by atoms with van der Waals surface area (Å²) in [4.78, 5) is 4.36. The number of pyridine rings is 1. The standard InChI is InChI=1S/C15H25N3O/c1-4-15(5-2)9-12(6-7-19-15)18-14-8-11(3)13(16)10-17-14/h8,10,12H,4-7,9,16H2,1-3H3,(H,17,18). The minimum Gasteiger partial charge on any atom is -0.397 e. The summed E-state index contributed by atoms with van der Waals surface area (Å²) in [5.74, 6) is 0.916. The summed E-state index contributed by atoms with van der Waals surface area (Å²) in [6.45, 7) is 7.25. The summed E-state index contributed by atoms with van der Waals surface area (Å²) in [6, 6.07) is 2.45. The predicted octanol–water partition coefficient (Wildman–Crippen LogP) is 3.12. The lowest BCUT2D eigenvalue weighted by atomic mass is 9.86. The highest BCUT2D eigenvalue weighted by atomic mass is 16.5. The Hall–Kier alpha value is -1.29. The van der Waals surface area contributed by atoms with Crippen LogP contribution in [-0.4, -0.2) is 23.2 Å². The molecule has 0 aromatic carbocycles. The molecule has 1 saturated heterocycles.